The van der Waals surface area contributed by atoms with E-state index >= 15 is 0 Å². The van der Waals surface area contributed by atoms with Gasteiger partial charge < -0.3 is 0 Å². The Balaban J connectivity index is 3.59. The van der Waals surface area contributed by atoms with Crippen LogP contribution in [0.4, 0.5) is 0 Å². The van der Waals surface area contributed by atoms with Crippen molar-refractivity contribution in [1.29, 1.82) is 0 Å². The number of hydrogen-bond acceptors (Lipinski definition) is 0. The van der Waals surface area contributed by atoms with Crippen LogP contribution in [0.5, 0.6) is 0 Å². The zero-order valence-electron chi connectivity index (χ0n) is 9.73. The average molecular weight is 182 g/mol. The maximum atomic E-state index is 3.97. The van der Waals surface area contributed by atoms with Gasteiger partial charge >= 0.3 is 0 Å². The lowest BCUT2D eigenvalue weighted by molar-refractivity contribution is 0.402. The molecule has 0 amide bonds. The molecule has 0 spiro atoms. The van der Waals surface area contributed by atoms with Crippen molar-refractivity contribution in [2.45, 2.75) is 65.7 Å². The van der Waals surface area contributed by atoms with Gasteiger partial charge in [-0.25, -0.2) is 0 Å². The molecule has 0 saturated heterocycles. The van der Waals surface area contributed by atoms with Gasteiger partial charge in [-0.3, -0.25) is 0 Å². The number of rotatable bonds is 8. The van der Waals surface area contributed by atoms with Crippen LogP contribution in [-0.4, -0.2) is 0 Å². The molecule has 0 aliphatic carbocycles. The largest absolute Gasteiger partial charge is 0.100 e. The highest BCUT2D eigenvalue weighted by Crippen LogP contribution is 2.21. The van der Waals surface area contributed by atoms with Gasteiger partial charge in [0.15, 0.2) is 0 Å². The zero-order chi connectivity index (χ0) is 10.1. The summed E-state index contributed by atoms with van der Waals surface area (Å²) in [5.74, 6) is 0.960. The highest BCUT2D eigenvalue weighted by Gasteiger charge is 2.06. The fourth-order valence-electron chi connectivity index (χ4n) is 1.78. The molecule has 0 aromatic carbocycles. The second-order valence-corrected chi connectivity index (χ2v) is 4.29. The quantitative estimate of drug-likeness (QED) is 0.466. The van der Waals surface area contributed by atoms with Crippen LogP contribution in [0.3, 0.4) is 0 Å². The first-order chi connectivity index (χ1) is 6.20. The van der Waals surface area contributed by atoms with Crippen molar-refractivity contribution >= 4 is 0 Å². The lowest BCUT2D eigenvalue weighted by Gasteiger charge is -2.15. The van der Waals surface area contributed by atoms with E-state index in [4.69, 9.17) is 0 Å². The minimum absolute atomic E-state index is 0.960. The molecule has 0 aromatic heterocycles. The zero-order valence-corrected chi connectivity index (χ0v) is 9.73. The van der Waals surface area contributed by atoms with Crippen LogP contribution in [0, 0.1) is 5.92 Å². The molecular weight excluding hydrogens is 156 g/mol. The molecular formula is C13H26. The summed E-state index contributed by atoms with van der Waals surface area (Å²) in [6, 6.07) is 0. The summed E-state index contributed by atoms with van der Waals surface area (Å²) < 4.78 is 0. The molecule has 1 atom stereocenters. The van der Waals surface area contributed by atoms with Gasteiger partial charge in [-0.2, -0.15) is 0 Å². The molecule has 0 nitrogen and oxygen atoms in total. The molecule has 0 fully saturated rings. The van der Waals surface area contributed by atoms with E-state index in [1.54, 1.807) is 0 Å². The van der Waals surface area contributed by atoms with E-state index in [0.29, 0.717) is 0 Å². The monoisotopic (exact) mass is 182 g/mol. The SMILES string of the molecule is C=C(C)CCC(CCC)CCCC. The van der Waals surface area contributed by atoms with Gasteiger partial charge in [0.1, 0.15) is 0 Å². The van der Waals surface area contributed by atoms with Gasteiger partial charge in [0.25, 0.3) is 0 Å². The molecule has 78 valence electrons. The number of allylic oxidation sites excluding steroid dienone is 1. The van der Waals surface area contributed by atoms with Crippen LogP contribution in [0.2, 0.25) is 0 Å². The van der Waals surface area contributed by atoms with E-state index in [0.717, 1.165) is 5.92 Å². The Hall–Kier alpha value is -0.260. The second-order valence-electron chi connectivity index (χ2n) is 4.29. The van der Waals surface area contributed by atoms with Crippen molar-refractivity contribution in [3.05, 3.63) is 12.2 Å². The van der Waals surface area contributed by atoms with Crippen molar-refractivity contribution < 1.29 is 0 Å². The fraction of sp³-hybridized carbons (Fsp3) is 0.846. The summed E-state index contributed by atoms with van der Waals surface area (Å²) in [7, 11) is 0. The molecule has 1 unspecified atom stereocenters. The van der Waals surface area contributed by atoms with Crippen LogP contribution in [0.15, 0.2) is 12.2 Å². The minimum Gasteiger partial charge on any atom is -0.100 e. The summed E-state index contributed by atoms with van der Waals surface area (Å²) in [5, 5.41) is 0. The predicted octanol–water partition coefficient (Wildman–Crippen LogP) is 4.95. The number of unbranched alkanes of at least 4 members (excludes halogenated alkanes) is 1. The third-order valence-corrected chi connectivity index (χ3v) is 2.64. The van der Waals surface area contributed by atoms with Gasteiger partial charge in [-0.1, -0.05) is 51.5 Å². The summed E-state index contributed by atoms with van der Waals surface area (Å²) in [5.41, 5.74) is 1.35. The molecule has 0 rings (SSSR count). The van der Waals surface area contributed by atoms with Crippen LogP contribution >= 0.6 is 0 Å². The van der Waals surface area contributed by atoms with Crippen LogP contribution in [0.1, 0.15) is 65.7 Å². The van der Waals surface area contributed by atoms with Crippen molar-refractivity contribution in [2.75, 3.05) is 0 Å². The van der Waals surface area contributed by atoms with Crippen molar-refractivity contribution in [3.8, 4) is 0 Å². The molecule has 0 bridgehead atoms. The Morgan fingerprint density at radius 3 is 2.23 bits per heavy atom. The summed E-state index contributed by atoms with van der Waals surface area (Å²) >= 11 is 0. The lowest BCUT2D eigenvalue weighted by atomic mass is 9.91. The Kier molecular flexibility index (Phi) is 8.18. The predicted molar refractivity (Wildman–Crippen MR) is 62.0 cm³/mol. The van der Waals surface area contributed by atoms with Crippen LogP contribution in [0.25, 0.3) is 0 Å². The molecule has 0 aliphatic rings. The highest BCUT2D eigenvalue weighted by molar-refractivity contribution is 4.88. The van der Waals surface area contributed by atoms with Gasteiger partial charge in [0, 0.05) is 0 Å². The molecule has 0 N–H and O–H groups in total. The van der Waals surface area contributed by atoms with Gasteiger partial charge in [0.05, 0.1) is 0 Å². The Morgan fingerprint density at radius 2 is 1.77 bits per heavy atom. The second kappa shape index (κ2) is 8.34. The first-order valence-electron chi connectivity index (χ1n) is 5.85. The highest BCUT2D eigenvalue weighted by atomic mass is 14.1. The first-order valence-corrected chi connectivity index (χ1v) is 5.85. The molecule has 0 aliphatic heterocycles. The molecule has 0 heterocycles. The van der Waals surface area contributed by atoms with Gasteiger partial charge in [-0.05, 0) is 25.7 Å². The van der Waals surface area contributed by atoms with Crippen molar-refractivity contribution in [3.63, 3.8) is 0 Å². The molecule has 13 heavy (non-hydrogen) atoms. The van der Waals surface area contributed by atoms with Crippen molar-refractivity contribution in [1.82, 2.24) is 0 Å². The number of hydrogen-bond donors (Lipinski definition) is 0. The van der Waals surface area contributed by atoms with E-state index in [-0.39, 0.29) is 0 Å². The third-order valence-electron chi connectivity index (χ3n) is 2.64. The van der Waals surface area contributed by atoms with Gasteiger partial charge in [-0.15, -0.1) is 6.58 Å². The van der Waals surface area contributed by atoms with E-state index < -0.39 is 0 Å². The molecule has 0 heteroatoms. The standard InChI is InChI=1S/C13H26/c1-5-7-9-13(8-6-2)11-10-12(3)4/h13H,3,5-11H2,1-2,4H3. The normalized spacial score (nSPS) is 12.8. The minimum atomic E-state index is 0.960. The lowest BCUT2D eigenvalue weighted by Crippen LogP contribution is -2.00. The average Bonchev–Trinajstić information content (AvgIpc) is 2.09. The van der Waals surface area contributed by atoms with E-state index in [2.05, 4.69) is 27.4 Å². The molecule has 0 aromatic rings. The van der Waals surface area contributed by atoms with Crippen LogP contribution in [-0.2, 0) is 0 Å². The summed E-state index contributed by atoms with van der Waals surface area (Å²) in [6.07, 6.45) is 9.52. The Bertz CT molecular complexity index is 124. The maximum Gasteiger partial charge on any atom is -0.0323 e. The molecule has 0 saturated carbocycles. The van der Waals surface area contributed by atoms with Crippen molar-refractivity contribution in [2.24, 2.45) is 5.92 Å². The summed E-state index contributed by atoms with van der Waals surface area (Å²) in [4.78, 5) is 0. The third kappa shape index (κ3) is 8.08. The molecule has 0 radical (unpaired) electrons. The van der Waals surface area contributed by atoms with E-state index in [1.165, 1.54) is 50.5 Å². The van der Waals surface area contributed by atoms with Crippen LogP contribution < -0.4 is 0 Å². The van der Waals surface area contributed by atoms with E-state index in [1.807, 2.05) is 0 Å². The Morgan fingerprint density at radius 1 is 1.08 bits per heavy atom. The smallest absolute Gasteiger partial charge is 0.0323 e. The Labute approximate surface area is 84.4 Å². The maximum absolute atomic E-state index is 3.97. The fourth-order valence-corrected chi connectivity index (χ4v) is 1.78. The summed E-state index contributed by atoms with van der Waals surface area (Å²) in [6.45, 7) is 10.7. The van der Waals surface area contributed by atoms with E-state index in [9.17, 15) is 0 Å². The first kappa shape index (κ1) is 12.7. The topological polar surface area (TPSA) is 0 Å². The van der Waals surface area contributed by atoms with Gasteiger partial charge in [0.2, 0.25) is 0 Å².